The van der Waals surface area contributed by atoms with E-state index < -0.39 is 0 Å². The second-order valence-electron chi connectivity index (χ2n) is 4.34. The maximum Gasteiger partial charge on any atom is -0.00143 e. The molecule has 3 atom stereocenters. The van der Waals surface area contributed by atoms with Crippen LogP contribution in [0.5, 0.6) is 0 Å². The Morgan fingerprint density at radius 2 is 1.77 bits per heavy atom. The molecular formula is C12H15N. The van der Waals surface area contributed by atoms with Crippen molar-refractivity contribution in [1.82, 2.24) is 5.32 Å². The number of benzene rings is 1. The van der Waals surface area contributed by atoms with Crippen LogP contribution in [0.3, 0.4) is 0 Å². The molecule has 1 aliphatic carbocycles. The molecule has 0 amide bonds. The van der Waals surface area contributed by atoms with Crippen molar-refractivity contribution < 1.29 is 0 Å². The molecule has 2 fully saturated rings. The van der Waals surface area contributed by atoms with Gasteiger partial charge in [-0.05, 0) is 42.8 Å². The molecule has 1 aliphatic heterocycles. The first-order valence-corrected chi connectivity index (χ1v) is 5.20. The lowest BCUT2D eigenvalue weighted by molar-refractivity contribution is 0.594. The molecule has 1 saturated heterocycles. The van der Waals surface area contributed by atoms with E-state index in [4.69, 9.17) is 0 Å². The minimum atomic E-state index is 0.989. The first kappa shape index (κ1) is 7.57. The Balaban J connectivity index is 1.66. The number of piperidine rings is 1. The van der Waals surface area contributed by atoms with Gasteiger partial charge in [0.2, 0.25) is 0 Å². The van der Waals surface area contributed by atoms with Crippen LogP contribution in [0.15, 0.2) is 30.3 Å². The lowest BCUT2D eigenvalue weighted by Crippen LogP contribution is -2.15. The normalized spacial score (nSPS) is 35.8. The summed E-state index contributed by atoms with van der Waals surface area (Å²) in [7, 11) is 0. The maximum absolute atomic E-state index is 3.44. The molecule has 0 spiro atoms. The molecule has 13 heavy (non-hydrogen) atoms. The van der Waals surface area contributed by atoms with Gasteiger partial charge in [0.05, 0.1) is 0 Å². The van der Waals surface area contributed by atoms with Gasteiger partial charge in [0.15, 0.2) is 0 Å². The summed E-state index contributed by atoms with van der Waals surface area (Å²) >= 11 is 0. The van der Waals surface area contributed by atoms with E-state index in [0.29, 0.717) is 0 Å². The van der Waals surface area contributed by atoms with E-state index in [0.717, 1.165) is 17.8 Å². The molecule has 1 aromatic rings. The highest BCUT2D eigenvalue weighted by atomic mass is 15.0. The van der Waals surface area contributed by atoms with Gasteiger partial charge in [-0.3, -0.25) is 0 Å². The summed E-state index contributed by atoms with van der Waals surface area (Å²) < 4.78 is 0. The van der Waals surface area contributed by atoms with Crippen molar-refractivity contribution in [3.63, 3.8) is 0 Å². The Morgan fingerprint density at radius 1 is 1.08 bits per heavy atom. The second kappa shape index (κ2) is 2.85. The Labute approximate surface area is 79.2 Å². The van der Waals surface area contributed by atoms with Crippen molar-refractivity contribution in [3.05, 3.63) is 35.9 Å². The van der Waals surface area contributed by atoms with Gasteiger partial charge < -0.3 is 5.32 Å². The van der Waals surface area contributed by atoms with Gasteiger partial charge in [0, 0.05) is 0 Å². The highest BCUT2D eigenvalue weighted by molar-refractivity contribution is 5.19. The van der Waals surface area contributed by atoms with Crippen LogP contribution in [0.2, 0.25) is 0 Å². The summed E-state index contributed by atoms with van der Waals surface area (Å²) in [6, 6.07) is 10.9. The van der Waals surface area contributed by atoms with Crippen LogP contribution in [0, 0.1) is 17.8 Å². The molecule has 1 nitrogen and oxygen atoms in total. The largest absolute Gasteiger partial charge is 0.316 e. The van der Waals surface area contributed by atoms with Crippen LogP contribution in [-0.4, -0.2) is 13.1 Å². The minimum absolute atomic E-state index is 0.989. The Morgan fingerprint density at radius 3 is 2.46 bits per heavy atom. The summed E-state index contributed by atoms with van der Waals surface area (Å²) in [5.74, 6) is 2.99. The van der Waals surface area contributed by atoms with Crippen LogP contribution < -0.4 is 5.32 Å². The van der Waals surface area contributed by atoms with Gasteiger partial charge in [0.25, 0.3) is 0 Å². The molecule has 1 unspecified atom stereocenters. The number of rotatable bonds is 2. The third kappa shape index (κ3) is 1.28. The molecular weight excluding hydrogens is 158 g/mol. The Bertz CT molecular complexity index is 283. The molecule has 1 N–H and O–H groups in total. The molecule has 3 rings (SSSR count). The van der Waals surface area contributed by atoms with Gasteiger partial charge in [-0.1, -0.05) is 30.3 Å². The average Bonchev–Trinajstić information content (AvgIpc) is 2.65. The van der Waals surface area contributed by atoms with Crippen molar-refractivity contribution in [3.8, 4) is 0 Å². The Kier molecular flexibility index (Phi) is 1.66. The third-order valence-corrected chi connectivity index (χ3v) is 3.58. The second-order valence-corrected chi connectivity index (χ2v) is 4.34. The first-order chi connectivity index (χ1) is 6.45. The minimum Gasteiger partial charge on any atom is -0.316 e. The lowest BCUT2D eigenvalue weighted by Gasteiger charge is -2.03. The molecule has 1 saturated carbocycles. The summed E-state index contributed by atoms with van der Waals surface area (Å²) in [5, 5.41) is 3.44. The highest BCUT2D eigenvalue weighted by Crippen LogP contribution is 2.50. The van der Waals surface area contributed by atoms with Crippen LogP contribution in [-0.2, 0) is 6.42 Å². The average molecular weight is 173 g/mol. The number of fused-ring (bicyclic) bond motifs is 1. The van der Waals surface area contributed by atoms with Crippen LogP contribution in [0.1, 0.15) is 5.56 Å². The summed E-state index contributed by atoms with van der Waals surface area (Å²) in [5.41, 5.74) is 1.52. The molecule has 0 bridgehead atoms. The van der Waals surface area contributed by atoms with Gasteiger partial charge >= 0.3 is 0 Å². The molecule has 68 valence electrons. The summed E-state index contributed by atoms with van der Waals surface area (Å²) in [6.07, 6.45) is 1.30. The predicted molar refractivity (Wildman–Crippen MR) is 53.5 cm³/mol. The summed E-state index contributed by atoms with van der Waals surface area (Å²) in [4.78, 5) is 0. The molecule has 1 aromatic carbocycles. The van der Waals surface area contributed by atoms with Gasteiger partial charge in [-0.25, -0.2) is 0 Å². The van der Waals surface area contributed by atoms with E-state index in [1.807, 2.05) is 0 Å². The quantitative estimate of drug-likeness (QED) is 0.717. The van der Waals surface area contributed by atoms with Gasteiger partial charge in [0.1, 0.15) is 0 Å². The number of hydrogen-bond donors (Lipinski definition) is 1. The third-order valence-electron chi connectivity index (χ3n) is 3.58. The smallest absolute Gasteiger partial charge is 0.00143 e. The molecule has 0 radical (unpaired) electrons. The van der Waals surface area contributed by atoms with Crippen molar-refractivity contribution in [2.75, 3.05) is 13.1 Å². The Hall–Kier alpha value is -0.820. The fraction of sp³-hybridized carbons (Fsp3) is 0.500. The van der Waals surface area contributed by atoms with Gasteiger partial charge in [-0.2, -0.15) is 0 Å². The van der Waals surface area contributed by atoms with Crippen LogP contribution in [0.4, 0.5) is 0 Å². The van der Waals surface area contributed by atoms with Crippen molar-refractivity contribution >= 4 is 0 Å². The highest BCUT2D eigenvalue weighted by Gasteiger charge is 2.51. The topological polar surface area (TPSA) is 12.0 Å². The zero-order valence-corrected chi connectivity index (χ0v) is 7.74. The number of hydrogen-bond acceptors (Lipinski definition) is 1. The zero-order valence-electron chi connectivity index (χ0n) is 7.74. The fourth-order valence-electron chi connectivity index (χ4n) is 2.74. The zero-order chi connectivity index (χ0) is 8.67. The molecule has 2 aliphatic rings. The number of nitrogens with one attached hydrogen (secondary N) is 1. The lowest BCUT2D eigenvalue weighted by atomic mass is 10.1. The monoisotopic (exact) mass is 173 g/mol. The van der Waals surface area contributed by atoms with Crippen molar-refractivity contribution in [1.29, 1.82) is 0 Å². The SMILES string of the molecule is c1ccc(CC2[C@H]3CNC[C@@H]23)cc1. The maximum atomic E-state index is 3.44. The molecule has 1 heteroatoms. The van der Waals surface area contributed by atoms with E-state index in [2.05, 4.69) is 35.6 Å². The predicted octanol–water partition coefficient (Wildman–Crippen LogP) is 1.69. The van der Waals surface area contributed by atoms with E-state index in [1.54, 1.807) is 0 Å². The van der Waals surface area contributed by atoms with Crippen molar-refractivity contribution in [2.45, 2.75) is 6.42 Å². The van der Waals surface area contributed by atoms with E-state index in [1.165, 1.54) is 25.1 Å². The van der Waals surface area contributed by atoms with E-state index in [9.17, 15) is 0 Å². The first-order valence-electron chi connectivity index (χ1n) is 5.20. The summed E-state index contributed by atoms with van der Waals surface area (Å²) in [6.45, 7) is 2.53. The van der Waals surface area contributed by atoms with E-state index >= 15 is 0 Å². The molecule has 0 aromatic heterocycles. The van der Waals surface area contributed by atoms with Crippen molar-refractivity contribution in [2.24, 2.45) is 17.8 Å². The van der Waals surface area contributed by atoms with Gasteiger partial charge in [-0.15, -0.1) is 0 Å². The molecule has 1 heterocycles. The van der Waals surface area contributed by atoms with Crippen LogP contribution in [0.25, 0.3) is 0 Å². The fourth-order valence-corrected chi connectivity index (χ4v) is 2.74. The van der Waals surface area contributed by atoms with E-state index in [-0.39, 0.29) is 0 Å². The van der Waals surface area contributed by atoms with Crippen LogP contribution >= 0.6 is 0 Å². The standard InChI is InChI=1S/C12H15N/c1-2-4-9(5-3-1)6-10-11-7-13-8-12(10)11/h1-5,10-13H,6-8H2/t10?,11-,12+.